The van der Waals surface area contributed by atoms with Crippen LogP contribution in [0.25, 0.3) is 10.6 Å². The summed E-state index contributed by atoms with van der Waals surface area (Å²) < 4.78 is 85.5. The molecule has 11 heteroatoms. The van der Waals surface area contributed by atoms with Gasteiger partial charge >= 0.3 is 12.4 Å². The summed E-state index contributed by atoms with van der Waals surface area (Å²) in [5, 5.41) is 8.48. The minimum absolute atomic E-state index is 0.000662. The van der Waals surface area contributed by atoms with Gasteiger partial charge in [-0.1, -0.05) is 29.5 Å². The summed E-state index contributed by atoms with van der Waals surface area (Å²) in [6.07, 6.45) is -7.51. The summed E-state index contributed by atoms with van der Waals surface area (Å²) in [6, 6.07) is 8.99. The van der Waals surface area contributed by atoms with Crippen molar-refractivity contribution in [2.75, 3.05) is 6.61 Å². The molecule has 3 rings (SSSR count). The van der Waals surface area contributed by atoms with Gasteiger partial charge in [-0.15, -0.1) is 10.2 Å². The molecule has 1 atom stereocenters. The van der Waals surface area contributed by atoms with E-state index in [2.05, 4.69) is 17.1 Å². The third kappa shape index (κ3) is 7.17. The molecule has 0 aliphatic heterocycles. The number of aryl methyl sites for hydroxylation is 1. The predicted octanol–water partition coefficient (Wildman–Crippen LogP) is 7.04. The van der Waals surface area contributed by atoms with Crippen LogP contribution in [-0.2, 0) is 24.3 Å². The Morgan fingerprint density at radius 2 is 1.60 bits per heavy atom. The van der Waals surface area contributed by atoms with Crippen LogP contribution < -0.4 is 10.5 Å². The minimum Gasteiger partial charge on any atom is -0.493 e. The predicted molar refractivity (Wildman–Crippen MR) is 122 cm³/mol. The van der Waals surface area contributed by atoms with Gasteiger partial charge in [0, 0.05) is 5.56 Å². The summed E-state index contributed by atoms with van der Waals surface area (Å²) in [4.78, 5) is 0. The zero-order valence-corrected chi connectivity index (χ0v) is 19.7. The van der Waals surface area contributed by atoms with E-state index < -0.39 is 29.0 Å². The summed E-state index contributed by atoms with van der Waals surface area (Å²) in [5.74, 6) is -0.325. The van der Waals surface area contributed by atoms with Gasteiger partial charge in [0.2, 0.25) is 0 Å². The Hall–Kier alpha value is -2.66. The maximum atomic E-state index is 13.7. The molecule has 0 aliphatic rings. The van der Waals surface area contributed by atoms with Gasteiger partial charge in [-0.3, -0.25) is 0 Å². The zero-order chi connectivity index (χ0) is 25.9. The number of ether oxygens (including phenoxy) is 1. The van der Waals surface area contributed by atoms with E-state index in [1.807, 2.05) is 0 Å². The van der Waals surface area contributed by atoms with Crippen molar-refractivity contribution in [2.24, 2.45) is 5.73 Å². The lowest BCUT2D eigenvalue weighted by Crippen LogP contribution is -2.28. The molecule has 3 aromatic rings. The monoisotopic (exact) mass is 516 g/mol. The highest BCUT2D eigenvalue weighted by molar-refractivity contribution is 7.14. The average Bonchev–Trinajstić information content (AvgIpc) is 3.26. The van der Waals surface area contributed by atoms with Gasteiger partial charge in [0.1, 0.15) is 15.8 Å². The van der Waals surface area contributed by atoms with Crippen LogP contribution in [0.15, 0.2) is 42.5 Å². The molecule has 0 fully saturated rings. The first-order valence-corrected chi connectivity index (χ1v) is 11.6. The number of aromatic nitrogens is 2. The maximum absolute atomic E-state index is 13.7. The van der Waals surface area contributed by atoms with Gasteiger partial charge in [-0.2, -0.15) is 26.3 Å². The van der Waals surface area contributed by atoms with Gasteiger partial charge < -0.3 is 10.5 Å². The number of benzene rings is 2. The number of hydrogen-bond acceptors (Lipinski definition) is 5. The van der Waals surface area contributed by atoms with Crippen LogP contribution in [0.1, 0.15) is 47.9 Å². The third-order valence-corrected chi connectivity index (χ3v) is 6.37. The van der Waals surface area contributed by atoms with E-state index in [4.69, 9.17) is 10.5 Å². The lowest BCUT2D eigenvalue weighted by atomic mass is 10.0. The fourth-order valence-electron chi connectivity index (χ4n) is 3.37. The van der Waals surface area contributed by atoms with E-state index in [1.54, 1.807) is 13.0 Å². The molecule has 1 radical (unpaired) electrons. The highest BCUT2D eigenvalue weighted by Crippen LogP contribution is 2.40. The van der Waals surface area contributed by atoms with Crippen molar-refractivity contribution < 1.29 is 31.1 Å². The molecule has 0 saturated carbocycles. The van der Waals surface area contributed by atoms with Gasteiger partial charge in [-0.05, 0) is 69.4 Å². The molecular weight excluding hydrogens is 492 g/mol. The first-order chi connectivity index (χ1) is 16.3. The molecule has 0 spiro atoms. The first kappa shape index (κ1) is 26.9. The molecule has 2 aromatic carbocycles. The number of nitrogens with zero attached hydrogens (tertiary/aromatic N) is 2. The van der Waals surface area contributed by atoms with Crippen LogP contribution >= 0.6 is 11.3 Å². The van der Waals surface area contributed by atoms with Crippen molar-refractivity contribution in [2.45, 2.75) is 50.5 Å². The smallest absolute Gasteiger partial charge is 0.419 e. The summed E-state index contributed by atoms with van der Waals surface area (Å²) >= 11 is 1.06. The van der Waals surface area contributed by atoms with Crippen LogP contribution in [0.4, 0.5) is 26.3 Å². The van der Waals surface area contributed by atoms with Crippen molar-refractivity contribution >= 4 is 11.3 Å². The average molecular weight is 517 g/mol. The first-order valence-electron chi connectivity index (χ1n) is 10.7. The van der Waals surface area contributed by atoms with Crippen molar-refractivity contribution in [3.8, 4) is 16.3 Å². The van der Waals surface area contributed by atoms with E-state index in [1.165, 1.54) is 24.3 Å². The van der Waals surface area contributed by atoms with Crippen molar-refractivity contribution in [1.29, 1.82) is 0 Å². The second-order valence-electron chi connectivity index (χ2n) is 8.35. The normalized spacial score (nSPS) is 12.7. The molecule has 1 heterocycles. The molecule has 0 amide bonds. The highest BCUT2D eigenvalue weighted by atomic mass is 32.1. The quantitative estimate of drug-likeness (QED) is 0.245. The number of unbranched alkanes of at least 4 members (excludes halogenated alkanes) is 2. The molecule has 0 saturated heterocycles. The van der Waals surface area contributed by atoms with Gasteiger partial charge in [-0.25, -0.2) is 0 Å². The zero-order valence-electron chi connectivity index (χ0n) is 18.8. The van der Waals surface area contributed by atoms with Crippen molar-refractivity contribution in [3.63, 3.8) is 0 Å². The summed E-state index contributed by atoms with van der Waals surface area (Å²) in [6.45, 7) is 5.36. The summed E-state index contributed by atoms with van der Waals surface area (Å²) in [7, 11) is 0. The molecule has 1 aromatic heterocycles. The fraction of sp³-hybridized carbons (Fsp3) is 0.375. The third-order valence-electron chi connectivity index (χ3n) is 5.12. The molecule has 4 nitrogen and oxygen atoms in total. The number of nitrogens with two attached hydrogens (primary N) is 1. The number of halogens is 6. The lowest BCUT2D eigenvalue weighted by Gasteiger charge is -2.15. The van der Waals surface area contributed by atoms with Crippen LogP contribution in [0.2, 0.25) is 0 Å². The molecule has 0 bridgehead atoms. The highest BCUT2D eigenvalue weighted by Gasteiger charge is 2.35. The number of rotatable bonds is 9. The van der Waals surface area contributed by atoms with Crippen LogP contribution in [-0.4, -0.2) is 16.8 Å². The van der Waals surface area contributed by atoms with E-state index in [-0.39, 0.29) is 34.9 Å². The Balaban J connectivity index is 1.60. The Bertz CT molecular complexity index is 1140. The SMILES string of the molecule is [CH2][C@@](C)(N)c1nnc(-c2ccc(OCCCCCc3ccccc3C(F)(F)F)c(C(F)(F)F)c2)s1. The van der Waals surface area contributed by atoms with Gasteiger partial charge in [0.15, 0.2) is 0 Å². The van der Waals surface area contributed by atoms with Crippen molar-refractivity contribution in [3.05, 3.63) is 71.1 Å². The topological polar surface area (TPSA) is 61.0 Å². The van der Waals surface area contributed by atoms with Crippen LogP contribution in [0.5, 0.6) is 5.75 Å². The fourth-order valence-corrected chi connectivity index (χ4v) is 4.20. The summed E-state index contributed by atoms with van der Waals surface area (Å²) in [5.41, 5.74) is 3.66. The van der Waals surface area contributed by atoms with Gasteiger partial charge in [0.25, 0.3) is 0 Å². The minimum atomic E-state index is -4.66. The van der Waals surface area contributed by atoms with Crippen LogP contribution in [0, 0.1) is 6.92 Å². The number of alkyl halides is 6. The lowest BCUT2D eigenvalue weighted by molar-refractivity contribution is -0.139. The molecule has 0 aliphatic carbocycles. The van der Waals surface area contributed by atoms with E-state index in [9.17, 15) is 26.3 Å². The molecule has 0 unspecified atom stereocenters. The van der Waals surface area contributed by atoms with E-state index in [0.29, 0.717) is 24.3 Å². The molecule has 189 valence electrons. The molecule has 35 heavy (non-hydrogen) atoms. The Morgan fingerprint density at radius 1 is 0.914 bits per heavy atom. The Kier molecular flexibility index (Phi) is 8.10. The number of hydrogen-bond donors (Lipinski definition) is 1. The van der Waals surface area contributed by atoms with E-state index in [0.717, 1.165) is 23.5 Å². The Morgan fingerprint density at radius 3 is 2.23 bits per heavy atom. The molecule has 2 N–H and O–H groups in total. The van der Waals surface area contributed by atoms with Crippen LogP contribution in [0.3, 0.4) is 0 Å². The Labute approximate surface area is 203 Å². The maximum Gasteiger partial charge on any atom is 0.419 e. The van der Waals surface area contributed by atoms with E-state index >= 15 is 0 Å². The second-order valence-corrected chi connectivity index (χ2v) is 9.33. The standard InChI is InChI=1S/C24H24F6N3OS/c1-22(2,31)21-33-32-20(35-21)16-11-12-19(18(14-16)24(28,29)30)34-13-7-3-4-8-15-9-5-6-10-17(15)23(25,26)27/h5-6,9-12,14H,1,3-4,7-8,13,31H2,2H3/t22-/m0/s1. The molecular formula is C24H24F6N3OS. The van der Waals surface area contributed by atoms with Crippen molar-refractivity contribution in [1.82, 2.24) is 10.2 Å². The van der Waals surface area contributed by atoms with Gasteiger partial charge in [0.05, 0.1) is 23.3 Å². The largest absolute Gasteiger partial charge is 0.493 e. The second kappa shape index (κ2) is 10.5.